The number of amides is 1. The van der Waals surface area contributed by atoms with Crippen LogP contribution < -0.4 is 5.32 Å². The summed E-state index contributed by atoms with van der Waals surface area (Å²) in [5.41, 5.74) is 0.261. The zero-order chi connectivity index (χ0) is 13.1. The van der Waals surface area contributed by atoms with Gasteiger partial charge in [0.1, 0.15) is 0 Å². The summed E-state index contributed by atoms with van der Waals surface area (Å²) >= 11 is 11.7. The van der Waals surface area contributed by atoms with Crippen LogP contribution in [0.2, 0.25) is 5.02 Å². The summed E-state index contributed by atoms with van der Waals surface area (Å²) in [5.74, 6) is 0.00585. The van der Waals surface area contributed by atoms with Gasteiger partial charge in [0.2, 0.25) is 5.91 Å². The van der Waals surface area contributed by atoms with Crippen LogP contribution in [-0.4, -0.2) is 11.8 Å². The maximum atomic E-state index is 11.9. The largest absolute Gasteiger partial charge is 0.324 e. The number of carbonyl (C=O) groups excluding carboxylic acids is 1. The van der Waals surface area contributed by atoms with Gasteiger partial charge >= 0.3 is 0 Å². The first-order valence-corrected chi connectivity index (χ1v) is 5.89. The predicted octanol–water partition coefficient (Wildman–Crippen LogP) is 3.42. The molecule has 1 aromatic rings. The normalized spacial score (nSPS) is 10.8. The Kier molecular flexibility index (Phi) is 4.39. The van der Waals surface area contributed by atoms with Crippen LogP contribution in [0.3, 0.4) is 0 Å². The molecule has 90 valence electrons. The van der Waals surface area contributed by atoms with E-state index in [1.165, 1.54) is 6.07 Å². The monoisotopic (exact) mass is 270 g/mol. The number of anilines is 1. The summed E-state index contributed by atoms with van der Waals surface area (Å²) in [5, 5.41) is 11.7. The van der Waals surface area contributed by atoms with Crippen molar-refractivity contribution in [2.45, 2.75) is 13.8 Å². The van der Waals surface area contributed by atoms with E-state index in [2.05, 4.69) is 5.32 Å². The van der Waals surface area contributed by atoms with E-state index < -0.39 is 5.41 Å². The fraction of sp³-hybridized carbons (Fsp3) is 0.333. The van der Waals surface area contributed by atoms with Gasteiger partial charge in [-0.1, -0.05) is 11.6 Å². The van der Waals surface area contributed by atoms with E-state index >= 15 is 0 Å². The van der Waals surface area contributed by atoms with Crippen molar-refractivity contribution in [1.29, 1.82) is 5.26 Å². The minimum atomic E-state index is -0.668. The van der Waals surface area contributed by atoms with E-state index in [1.807, 2.05) is 6.07 Å². The fourth-order valence-electron chi connectivity index (χ4n) is 1.04. The number of halogens is 2. The first-order valence-electron chi connectivity index (χ1n) is 4.98. The SMILES string of the molecule is CC(C)(CCl)C(=O)Nc1ccc(C#N)cc1Cl. The highest BCUT2D eigenvalue weighted by Crippen LogP contribution is 2.26. The molecule has 1 aromatic carbocycles. The predicted molar refractivity (Wildman–Crippen MR) is 69.3 cm³/mol. The average Bonchev–Trinajstić information content (AvgIpc) is 2.31. The summed E-state index contributed by atoms with van der Waals surface area (Å²) in [6, 6.07) is 6.67. The van der Waals surface area contributed by atoms with E-state index in [0.29, 0.717) is 16.3 Å². The second kappa shape index (κ2) is 5.39. The highest BCUT2D eigenvalue weighted by atomic mass is 35.5. The van der Waals surface area contributed by atoms with E-state index in [0.717, 1.165) is 0 Å². The van der Waals surface area contributed by atoms with E-state index in [1.54, 1.807) is 26.0 Å². The highest BCUT2D eigenvalue weighted by Gasteiger charge is 2.26. The van der Waals surface area contributed by atoms with E-state index in [9.17, 15) is 4.79 Å². The average molecular weight is 271 g/mol. The number of benzene rings is 1. The number of hydrogen-bond acceptors (Lipinski definition) is 2. The van der Waals surface area contributed by atoms with Gasteiger partial charge in [0.05, 0.1) is 27.8 Å². The maximum absolute atomic E-state index is 11.9. The molecule has 0 aliphatic carbocycles. The van der Waals surface area contributed by atoms with Crippen LogP contribution in [0.4, 0.5) is 5.69 Å². The van der Waals surface area contributed by atoms with Crippen molar-refractivity contribution in [3.8, 4) is 6.07 Å². The molecule has 1 rings (SSSR count). The lowest BCUT2D eigenvalue weighted by Crippen LogP contribution is -2.32. The molecule has 5 heteroatoms. The van der Waals surface area contributed by atoms with Gasteiger partial charge in [0, 0.05) is 5.88 Å². The van der Waals surface area contributed by atoms with Crippen LogP contribution in [0.15, 0.2) is 18.2 Å². The van der Waals surface area contributed by atoms with Gasteiger partial charge in [-0.3, -0.25) is 4.79 Å². The fourth-order valence-corrected chi connectivity index (χ4v) is 1.39. The van der Waals surface area contributed by atoms with Crippen LogP contribution in [0.1, 0.15) is 19.4 Å². The Balaban J connectivity index is 2.91. The van der Waals surface area contributed by atoms with Crippen LogP contribution in [0, 0.1) is 16.7 Å². The summed E-state index contributed by atoms with van der Waals surface area (Å²) in [7, 11) is 0. The van der Waals surface area contributed by atoms with E-state index in [-0.39, 0.29) is 11.8 Å². The number of carbonyl (C=O) groups is 1. The molecule has 0 unspecified atom stereocenters. The van der Waals surface area contributed by atoms with Crippen LogP contribution >= 0.6 is 23.2 Å². The number of nitrogens with zero attached hydrogens (tertiary/aromatic N) is 1. The number of hydrogen-bond donors (Lipinski definition) is 1. The smallest absolute Gasteiger partial charge is 0.231 e. The Bertz CT molecular complexity index is 478. The second-order valence-corrected chi connectivity index (χ2v) is 4.95. The lowest BCUT2D eigenvalue weighted by Gasteiger charge is -2.20. The molecule has 0 fully saturated rings. The zero-order valence-electron chi connectivity index (χ0n) is 9.55. The second-order valence-electron chi connectivity index (χ2n) is 4.28. The van der Waals surface area contributed by atoms with Crippen LogP contribution in [-0.2, 0) is 4.79 Å². The molecular formula is C12H12Cl2N2O. The molecule has 0 saturated carbocycles. The van der Waals surface area contributed by atoms with Crippen molar-refractivity contribution in [3.05, 3.63) is 28.8 Å². The third-order valence-electron chi connectivity index (χ3n) is 2.30. The molecule has 1 N–H and O–H groups in total. The topological polar surface area (TPSA) is 52.9 Å². The number of nitriles is 1. The zero-order valence-corrected chi connectivity index (χ0v) is 11.1. The Morgan fingerprint density at radius 3 is 2.65 bits per heavy atom. The first kappa shape index (κ1) is 13.8. The van der Waals surface area contributed by atoms with Crippen molar-refractivity contribution < 1.29 is 4.79 Å². The van der Waals surface area contributed by atoms with Gasteiger partial charge in [-0.2, -0.15) is 5.26 Å². The summed E-state index contributed by atoms with van der Waals surface area (Å²) in [6.45, 7) is 3.49. The van der Waals surface area contributed by atoms with Crippen LogP contribution in [0.5, 0.6) is 0 Å². The molecule has 0 atom stereocenters. The third kappa shape index (κ3) is 3.36. The Morgan fingerprint density at radius 1 is 1.53 bits per heavy atom. The van der Waals surface area contributed by atoms with E-state index in [4.69, 9.17) is 28.5 Å². The Morgan fingerprint density at radius 2 is 2.18 bits per heavy atom. The summed E-state index contributed by atoms with van der Waals surface area (Å²) in [4.78, 5) is 11.9. The first-order chi connectivity index (χ1) is 7.90. The van der Waals surface area contributed by atoms with Gasteiger partial charge < -0.3 is 5.32 Å². The van der Waals surface area contributed by atoms with Crippen molar-refractivity contribution in [1.82, 2.24) is 0 Å². The Labute approximate surface area is 110 Å². The molecular weight excluding hydrogens is 259 g/mol. The Hall–Kier alpha value is -1.24. The van der Waals surface area contributed by atoms with Gasteiger partial charge in [-0.05, 0) is 32.0 Å². The van der Waals surface area contributed by atoms with Crippen molar-refractivity contribution >= 4 is 34.8 Å². The van der Waals surface area contributed by atoms with Gasteiger partial charge in [0.25, 0.3) is 0 Å². The molecule has 17 heavy (non-hydrogen) atoms. The summed E-state index contributed by atoms with van der Waals surface area (Å²) in [6.07, 6.45) is 0. The van der Waals surface area contributed by atoms with Crippen LogP contribution in [0.25, 0.3) is 0 Å². The number of nitrogens with one attached hydrogen (secondary N) is 1. The maximum Gasteiger partial charge on any atom is 0.231 e. The number of alkyl halides is 1. The van der Waals surface area contributed by atoms with Crippen molar-refractivity contribution in [2.24, 2.45) is 5.41 Å². The van der Waals surface area contributed by atoms with Crippen molar-refractivity contribution in [2.75, 3.05) is 11.2 Å². The number of rotatable bonds is 3. The summed E-state index contributed by atoms with van der Waals surface area (Å²) < 4.78 is 0. The molecule has 0 heterocycles. The lowest BCUT2D eigenvalue weighted by molar-refractivity contribution is -0.122. The molecule has 0 aromatic heterocycles. The standard InChI is InChI=1S/C12H12Cl2N2O/c1-12(2,7-13)11(17)16-10-4-3-8(6-15)5-9(10)14/h3-5H,7H2,1-2H3,(H,16,17). The molecule has 0 saturated heterocycles. The van der Waals surface area contributed by atoms with Gasteiger partial charge in [-0.15, -0.1) is 11.6 Å². The van der Waals surface area contributed by atoms with Crippen molar-refractivity contribution in [3.63, 3.8) is 0 Å². The minimum absolute atomic E-state index is 0.209. The molecule has 0 aliphatic rings. The molecule has 0 bridgehead atoms. The molecule has 0 radical (unpaired) electrons. The minimum Gasteiger partial charge on any atom is -0.324 e. The molecule has 3 nitrogen and oxygen atoms in total. The quantitative estimate of drug-likeness (QED) is 0.856. The molecule has 0 spiro atoms. The third-order valence-corrected chi connectivity index (χ3v) is 3.28. The molecule has 0 aliphatic heterocycles. The molecule has 1 amide bonds. The van der Waals surface area contributed by atoms with Gasteiger partial charge in [0.15, 0.2) is 0 Å². The lowest BCUT2D eigenvalue weighted by atomic mass is 9.95. The highest BCUT2D eigenvalue weighted by molar-refractivity contribution is 6.34. The van der Waals surface area contributed by atoms with Gasteiger partial charge in [-0.25, -0.2) is 0 Å².